The zero-order chi connectivity index (χ0) is 23.0. The van der Waals surface area contributed by atoms with Crippen LogP contribution in [-0.4, -0.2) is 44.4 Å². The normalized spacial score (nSPS) is 15.0. The fourth-order valence-corrected chi connectivity index (χ4v) is 5.41. The van der Waals surface area contributed by atoms with E-state index in [1.807, 2.05) is 26.0 Å². The topological polar surface area (TPSA) is 75.7 Å². The number of hydrogen-bond acceptors (Lipinski definition) is 4. The molecule has 0 saturated carbocycles. The first kappa shape index (κ1) is 24.3. The molecule has 0 radical (unpaired) electrons. The van der Waals surface area contributed by atoms with Gasteiger partial charge in [0.2, 0.25) is 10.0 Å². The first-order valence-corrected chi connectivity index (χ1v) is 13.0. The van der Waals surface area contributed by atoms with Crippen molar-refractivity contribution in [3.05, 3.63) is 65.2 Å². The van der Waals surface area contributed by atoms with Gasteiger partial charge in [0, 0.05) is 25.2 Å². The molecule has 0 aliphatic carbocycles. The van der Waals surface area contributed by atoms with E-state index in [1.54, 1.807) is 28.6 Å². The van der Waals surface area contributed by atoms with Gasteiger partial charge in [-0.2, -0.15) is 0 Å². The number of nitrogens with one attached hydrogen (secondary N) is 1. The average molecular weight is 459 g/mol. The summed E-state index contributed by atoms with van der Waals surface area (Å²) in [5.74, 6) is 0.705. The van der Waals surface area contributed by atoms with Crippen LogP contribution in [0.1, 0.15) is 61.0 Å². The molecule has 0 atom stereocenters. The SMILES string of the molecule is CC(C)Oc1ccc(CCCNC(=O)c2ccc(CS(=O)(=O)N3CCCCC3)cc2)cc1. The second-order valence-electron chi connectivity index (χ2n) is 8.58. The minimum atomic E-state index is -3.30. The van der Waals surface area contributed by atoms with Crippen LogP contribution in [0.5, 0.6) is 5.75 Å². The zero-order valence-electron chi connectivity index (χ0n) is 19.0. The Hall–Kier alpha value is -2.38. The molecule has 6 nitrogen and oxygen atoms in total. The molecule has 0 unspecified atom stereocenters. The Labute approximate surface area is 192 Å². The van der Waals surface area contributed by atoms with Gasteiger partial charge in [0.1, 0.15) is 5.75 Å². The van der Waals surface area contributed by atoms with Gasteiger partial charge in [-0.3, -0.25) is 4.79 Å². The van der Waals surface area contributed by atoms with Crippen LogP contribution in [0.2, 0.25) is 0 Å². The Bertz CT molecular complexity index is 964. The summed E-state index contributed by atoms with van der Waals surface area (Å²) in [5.41, 5.74) is 2.45. The van der Waals surface area contributed by atoms with Gasteiger partial charge in [0.15, 0.2) is 0 Å². The Morgan fingerprint density at radius 3 is 2.22 bits per heavy atom. The zero-order valence-corrected chi connectivity index (χ0v) is 19.9. The number of aryl methyl sites for hydroxylation is 1. The van der Waals surface area contributed by atoms with Gasteiger partial charge in [-0.05, 0) is 74.9 Å². The molecule has 174 valence electrons. The van der Waals surface area contributed by atoms with E-state index in [0.717, 1.165) is 37.9 Å². The van der Waals surface area contributed by atoms with Crippen molar-refractivity contribution in [3.63, 3.8) is 0 Å². The fourth-order valence-electron chi connectivity index (χ4n) is 3.80. The summed E-state index contributed by atoms with van der Waals surface area (Å²) in [7, 11) is -3.30. The van der Waals surface area contributed by atoms with Crippen molar-refractivity contribution in [3.8, 4) is 5.75 Å². The Balaban J connectivity index is 1.42. The molecule has 0 bridgehead atoms. The van der Waals surface area contributed by atoms with Crippen LogP contribution in [-0.2, 0) is 22.2 Å². The second kappa shape index (κ2) is 11.5. The Morgan fingerprint density at radius 2 is 1.59 bits per heavy atom. The largest absolute Gasteiger partial charge is 0.491 e. The molecule has 1 saturated heterocycles. The molecule has 1 aliphatic rings. The molecule has 32 heavy (non-hydrogen) atoms. The summed E-state index contributed by atoms with van der Waals surface area (Å²) in [6, 6.07) is 14.9. The van der Waals surface area contributed by atoms with E-state index in [2.05, 4.69) is 17.4 Å². The van der Waals surface area contributed by atoms with E-state index in [4.69, 9.17) is 4.74 Å². The molecule has 1 heterocycles. The molecule has 1 fully saturated rings. The number of sulfonamides is 1. The number of piperidine rings is 1. The number of hydrogen-bond donors (Lipinski definition) is 1. The minimum absolute atomic E-state index is 0.0180. The highest BCUT2D eigenvalue weighted by Crippen LogP contribution is 2.18. The number of ether oxygens (including phenoxy) is 1. The van der Waals surface area contributed by atoms with E-state index < -0.39 is 10.0 Å². The van der Waals surface area contributed by atoms with Crippen LogP contribution in [0.15, 0.2) is 48.5 Å². The van der Waals surface area contributed by atoms with Gasteiger partial charge in [0.05, 0.1) is 11.9 Å². The van der Waals surface area contributed by atoms with Crippen molar-refractivity contribution in [1.29, 1.82) is 0 Å². The monoisotopic (exact) mass is 458 g/mol. The number of carbonyl (C=O) groups excluding carboxylic acids is 1. The molecule has 1 N–H and O–H groups in total. The molecule has 2 aromatic rings. The third-order valence-electron chi connectivity index (χ3n) is 5.50. The predicted octanol–water partition coefficient (Wildman–Crippen LogP) is 4.15. The third-order valence-corrected chi connectivity index (χ3v) is 7.35. The Morgan fingerprint density at radius 1 is 0.969 bits per heavy atom. The minimum Gasteiger partial charge on any atom is -0.491 e. The van der Waals surface area contributed by atoms with E-state index in [1.165, 1.54) is 5.56 Å². The first-order valence-electron chi connectivity index (χ1n) is 11.4. The van der Waals surface area contributed by atoms with E-state index >= 15 is 0 Å². The third kappa shape index (κ3) is 7.35. The molecule has 1 amide bonds. The van der Waals surface area contributed by atoms with Crippen LogP contribution < -0.4 is 10.1 Å². The lowest BCUT2D eigenvalue weighted by atomic mass is 10.1. The molecule has 3 rings (SSSR count). The Kier molecular flexibility index (Phi) is 8.70. The second-order valence-corrected chi connectivity index (χ2v) is 10.6. The van der Waals surface area contributed by atoms with Gasteiger partial charge in [0.25, 0.3) is 5.91 Å². The predicted molar refractivity (Wildman–Crippen MR) is 127 cm³/mol. The van der Waals surface area contributed by atoms with Crippen LogP contribution in [0.4, 0.5) is 0 Å². The molecule has 0 spiro atoms. The quantitative estimate of drug-likeness (QED) is 0.543. The molecular weight excluding hydrogens is 424 g/mol. The molecule has 7 heteroatoms. The smallest absolute Gasteiger partial charge is 0.251 e. The summed E-state index contributed by atoms with van der Waals surface area (Å²) in [6.45, 7) is 5.80. The number of rotatable bonds is 10. The van der Waals surface area contributed by atoms with Gasteiger partial charge in [-0.1, -0.05) is 30.7 Å². The van der Waals surface area contributed by atoms with Crippen molar-refractivity contribution in [2.24, 2.45) is 0 Å². The lowest BCUT2D eigenvalue weighted by Crippen LogP contribution is -2.36. The van der Waals surface area contributed by atoms with Crippen molar-refractivity contribution >= 4 is 15.9 Å². The average Bonchev–Trinajstić information content (AvgIpc) is 2.78. The highest BCUT2D eigenvalue weighted by molar-refractivity contribution is 7.88. The number of amides is 1. The van der Waals surface area contributed by atoms with Crippen LogP contribution >= 0.6 is 0 Å². The van der Waals surface area contributed by atoms with Gasteiger partial charge in [-0.15, -0.1) is 0 Å². The van der Waals surface area contributed by atoms with Gasteiger partial charge < -0.3 is 10.1 Å². The number of carbonyl (C=O) groups is 1. The molecule has 2 aromatic carbocycles. The van der Waals surface area contributed by atoms with Crippen molar-refractivity contribution in [2.75, 3.05) is 19.6 Å². The van der Waals surface area contributed by atoms with E-state index in [9.17, 15) is 13.2 Å². The number of benzene rings is 2. The maximum absolute atomic E-state index is 12.6. The molecule has 0 aromatic heterocycles. The first-order chi connectivity index (χ1) is 15.3. The number of nitrogens with zero attached hydrogens (tertiary/aromatic N) is 1. The van der Waals surface area contributed by atoms with E-state index in [0.29, 0.717) is 30.8 Å². The van der Waals surface area contributed by atoms with Crippen molar-refractivity contribution in [1.82, 2.24) is 9.62 Å². The van der Waals surface area contributed by atoms with Gasteiger partial charge in [-0.25, -0.2) is 12.7 Å². The molecule has 1 aliphatic heterocycles. The summed E-state index contributed by atoms with van der Waals surface area (Å²) in [4.78, 5) is 12.4. The fraction of sp³-hybridized carbons (Fsp3) is 0.480. The maximum atomic E-state index is 12.6. The highest BCUT2D eigenvalue weighted by atomic mass is 32.2. The standard InChI is InChI=1S/C25H34N2O4S/c1-20(2)31-24-14-10-21(11-15-24)7-6-16-26-25(28)23-12-8-22(9-13-23)19-32(29,30)27-17-4-3-5-18-27/h8-15,20H,3-7,16-19H2,1-2H3,(H,26,28). The van der Waals surface area contributed by atoms with Crippen LogP contribution in [0.25, 0.3) is 0 Å². The summed E-state index contributed by atoms with van der Waals surface area (Å²) < 4.78 is 32.4. The summed E-state index contributed by atoms with van der Waals surface area (Å²) in [6.07, 6.45) is 4.81. The van der Waals surface area contributed by atoms with Crippen LogP contribution in [0.3, 0.4) is 0 Å². The van der Waals surface area contributed by atoms with Crippen molar-refractivity contribution < 1.29 is 17.9 Å². The van der Waals surface area contributed by atoms with Gasteiger partial charge >= 0.3 is 0 Å². The van der Waals surface area contributed by atoms with Crippen LogP contribution in [0, 0.1) is 0 Å². The van der Waals surface area contributed by atoms with Crippen molar-refractivity contribution in [2.45, 2.75) is 57.8 Å². The molecular formula is C25H34N2O4S. The van der Waals surface area contributed by atoms with E-state index in [-0.39, 0.29) is 17.8 Å². The summed E-state index contributed by atoms with van der Waals surface area (Å²) >= 11 is 0. The lowest BCUT2D eigenvalue weighted by molar-refractivity contribution is 0.0953. The summed E-state index contributed by atoms with van der Waals surface area (Å²) in [5, 5.41) is 2.94. The lowest BCUT2D eigenvalue weighted by Gasteiger charge is -2.25. The maximum Gasteiger partial charge on any atom is 0.251 e. The highest BCUT2D eigenvalue weighted by Gasteiger charge is 2.24.